The van der Waals surface area contributed by atoms with Gasteiger partial charge in [0.15, 0.2) is 0 Å². The number of nitrogens with one attached hydrogen (secondary N) is 2. The quantitative estimate of drug-likeness (QED) is 0.684. The minimum absolute atomic E-state index is 0.307. The monoisotopic (exact) mass is 378 g/mol. The van der Waals surface area contributed by atoms with Gasteiger partial charge >= 0.3 is 0 Å². The molecular weight excluding hydrogens is 360 g/mol. The summed E-state index contributed by atoms with van der Waals surface area (Å²) in [5.41, 5.74) is 1.91. The Hall–Kier alpha value is -3.94. The van der Waals surface area contributed by atoms with Crippen molar-refractivity contribution in [3.63, 3.8) is 0 Å². The van der Waals surface area contributed by atoms with Crippen LogP contribution in [-0.4, -0.2) is 36.0 Å². The molecule has 0 radical (unpaired) electrons. The van der Waals surface area contributed by atoms with Crippen molar-refractivity contribution in [1.82, 2.24) is 9.97 Å². The second-order valence-corrected chi connectivity index (χ2v) is 5.66. The van der Waals surface area contributed by atoms with Crippen molar-refractivity contribution >= 4 is 23.2 Å². The highest BCUT2D eigenvalue weighted by Gasteiger charge is 2.10. The van der Waals surface area contributed by atoms with Gasteiger partial charge in [-0.1, -0.05) is 0 Å². The molecule has 3 aromatic rings. The molecule has 142 valence electrons. The normalized spacial score (nSPS) is 10.1. The van der Waals surface area contributed by atoms with Crippen LogP contribution < -0.4 is 20.1 Å². The van der Waals surface area contributed by atoms with Crippen molar-refractivity contribution in [2.24, 2.45) is 0 Å². The van der Waals surface area contributed by atoms with Gasteiger partial charge in [-0.2, -0.15) is 0 Å². The third-order valence-electron chi connectivity index (χ3n) is 3.82. The van der Waals surface area contributed by atoms with Crippen LogP contribution in [-0.2, 0) is 0 Å². The summed E-state index contributed by atoms with van der Waals surface area (Å²) in [6.45, 7) is 0. The molecule has 2 N–H and O–H groups in total. The predicted molar refractivity (Wildman–Crippen MR) is 104 cm³/mol. The Morgan fingerprint density at radius 3 is 1.36 bits per heavy atom. The molecule has 0 aliphatic carbocycles. The van der Waals surface area contributed by atoms with E-state index in [4.69, 9.17) is 9.47 Å². The Labute approximate surface area is 161 Å². The van der Waals surface area contributed by atoms with Crippen LogP contribution in [0.25, 0.3) is 0 Å². The summed E-state index contributed by atoms with van der Waals surface area (Å²) >= 11 is 0. The van der Waals surface area contributed by atoms with Gasteiger partial charge in [-0.05, 0) is 36.4 Å². The predicted octanol–water partition coefficient (Wildman–Crippen LogP) is 3.00. The lowest BCUT2D eigenvalue weighted by atomic mass is 10.1. The number of methoxy groups -OCH3 is 2. The van der Waals surface area contributed by atoms with E-state index in [1.165, 1.54) is 26.6 Å². The molecule has 28 heavy (non-hydrogen) atoms. The number of rotatable bonds is 6. The van der Waals surface area contributed by atoms with Crippen molar-refractivity contribution in [2.75, 3.05) is 24.9 Å². The molecule has 3 rings (SSSR count). The maximum Gasteiger partial charge on any atom is 0.255 e. The first kappa shape index (κ1) is 18.8. The SMILES string of the molecule is COc1ccc(NC(=O)c2ccc(C(=O)Nc3ccc(OC)nc3)cc2)cn1. The number of aromatic nitrogens is 2. The third-order valence-corrected chi connectivity index (χ3v) is 3.82. The fourth-order valence-electron chi connectivity index (χ4n) is 2.33. The summed E-state index contributed by atoms with van der Waals surface area (Å²) < 4.78 is 9.95. The van der Waals surface area contributed by atoms with Gasteiger partial charge in [-0.3, -0.25) is 9.59 Å². The van der Waals surface area contributed by atoms with Gasteiger partial charge in [0.2, 0.25) is 11.8 Å². The van der Waals surface area contributed by atoms with Crippen molar-refractivity contribution in [3.05, 3.63) is 72.1 Å². The summed E-state index contributed by atoms with van der Waals surface area (Å²) in [6.07, 6.45) is 3.00. The van der Waals surface area contributed by atoms with E-state index >= 15 is 0 Å². The summed E-state index contributed by atoms with van der Waals surface area (Å²) in [5.74, 6) is 0.303. The molecule has 0 fully saturated rings. The fraction of sp³-hybridized carbons (Fsp3) is 0.100. The van der Waals surface area contributed by atoms with Crippen LogP contribution >= 0.6 is 0 Å². The van der Waals surface area contributed by atoms with Crippen LogP contribution in [0, 0.1) is 0 Å². The molecule has 2 heterocycles. The molecule has 0 saturated carbocycles. The van der Waals surface area contributed by atoms with E-state index in [1.807, 2.05) is 0 Å². The molecule has 0 unspecified atom stereocenters. The maximum atomic E-state index is 12.3. The number of carbonyl (C=O) groups is 2. The molecule has 1 aromatic carbocycles. The number of nitrogens with zero attached hydrogens (tertiary/aromatic N) is 2. The Bertz CT molecular complexity index is 875. The Morgan fingerprint density at radius 2 is 1.07 bits per heavy atom. The molecule has 0 spiro atoms. The fourth-order valence-corrected chi connectivity index (χ4v) is 2.33. The van der Waals surface area contributed by atoms with E-state index in [-0.39, 0.29) is 11.8 Å². The van der Waals surface area contributed by atoms with E-state index in [2.05, 4.69) is 20.6 Å². The van der Waals surface area contributed by atoms with Crippen LogP contribution in [0.4, 0.5) is 11.4 Å². The molecule has 8 nitrogen and oxygen atoms in total. The minimum atomic E-state index is -0.307. The molecule has 0 aliphatic rings. The average Bonchev–Trinajstić information content (AvgIpc) is 2.75. The zero-order valence-corrected chi connectivity index (χ0v) is 15.3. The topological polar surface area (TPSA) is 102 Å². The first-order valence-electron chi connectivity index (χ1n) is 8.32. The van der Waals surface area contributed by atoms with Crippen molar-refractivity contribution in [1.29, 1.82) is 0 Å². The number of amides is 2. The summed E-state index contributed by atoms with van der Waals surface area (Å²) in [6, 6.07) is 13.0. The Kier molecular flexibility index (Phi) is 5.81. The third kappa shape index (κ3) is 4.61. The smallest absolute Gasteiger partial charge is 0.255 e. The summed E-state index contributed by atoms with van der Waals surface area (Å²) in [7, 11) is 3.03. The van der Waals surface area contributed by atoms with Gasteiger partial charge in [-0.15, -0.1) is 0 Å². The molecule has 2 aromatic heterocycles. The molecular formula is C20H18N4O4. The lowest BCUT2D eigenvalue weighted by Crippen LogP contribution is -2.14. The Morgan fingerprint density at radius 1 is 0.679 bits per heavy atom. The van der Waals surface area contributed by atoms with Crippen molar-refractivity contribution in [2.45, 2.75) is 0 Å². The molecule has 0 bridgehead atoms. The highest BCUT2D eigenvalue weighted by molar-refractivity contribution is 6.07. The average molecular weight is 378 g/mol. The summed E-state index contributed by atoms with van der Waals surface area (Å²) in [5, 5.41) is 5.46. The van der Waals surface area contributed by atoms with Crippen LogP contribution in [0.2, 0.25) is 0 Å². The van der Waals surface area contributed by atoms with Gasteiger partial charge in [-0.25, -0.2) is 9.97 Å². The van der Waals surface area contributed by atoms with Crippen LogP contribution in [0.15, 0.2) is 60.9 Å². The highest BCUT2D eigenvalue weighted by atomic mass is 16.5. The number of carbonyl (C=O) groups excluding carboxylic acids is 2. The zero-order chi connectivity index (χ0) is 19.9. The van der Waals surface area contributed by atoms with E-state index < -0.39 is 0 Å². The van der Waals surface area contributed by atoms with E-state index in [9.17, 15) is 9.59 Å². The molecule has 0 saturated heterocycles. The number of anilines is 2. The molecule has 0 aliphatic heterocycles. The number of ether oxygens (including phenoxy) is 2. The van der Waals surface area contributed by atoms with Gasteiger partial charge < -0.3 is 20.1 Å². The second kappa shape index (κ2) is 8.63. The number of pyridine rings is 2. The maximum absolute atomic E-state index is 12.3. The lowest BCUT2D eigenvalue weighted by molar-refractivity contribution is 0.101. The first-order valence-corrected chi connectivity index (χ1v) is 8.32. The molecule has 8 heteroatoms. The number of hydrogen-bond donors (Lipinski definition) is 2. The van der Waals surface area contributed by atoms with Crippen molar-refractivity contribution in [3.8, 4) is 11.8 Å². The zero-order valence-electron chi connectivity index (χ0n) is 15.3. The molecule has 0 atom stereocenters. The Balaban J connectivity index is 1.62. The standard InChI is InChI=1S/C20H18N4O4/c1-27-17-9-7-15(11-21-17)23-19(25)13-3-5-14(6-4-13)20(26)24-16-8-10-18(28-2)22-12-16/h3-12H,1-2H3,(H,23,25)(H,24,26). The lowest BCUT2D eigenvalue weighted by Gasteiger charge is -2.08. The van der Waals surface area contributed by atoms with Crippen LogP contribution in [0.1, 0.15) is 20.7 Å². The van der Waals surface area contributed by atoms with Crippen LogP contribution in [0.5, 0.6) is 11.8 Å². The van der Waals surface area contributed by atoms with Gasteiger partial charge in [0, 0.05) is 23.3 Å². The van der Waals surface area contributed by atoms with E-state index in [0.29, 0.717) is 34.3 Å². The van der Waals surface area contributed by atoms with E-state index in [1.54, 1.807) is 48.5 Å². The summed E-state index contributed by atoms with van der Waals surface area (Å²) in [4.78, 5) is 32.7. The van der Waals surface area contributed by atoms with Crippen molar-refractivity contribution < 1.29 is 19.1 Å². The first-order chi connectivity index (χ1) is 13.6. The minimum Gasteiger partial charge on any atom is -0.481 e. The van der Waals surface area contributed by atoms with Gasteiger partial charge in [0.1, 0.15) is 0 Å². The number of benzene rings is 1. The second-order valence-electron chi connectivity index (χ2n) is 5.66. The largest absolute Gasteiger partial charge is 0.481 e. The number of hydrogen-bond acceptors (Lipinski definition) is 6. The molecule has 2 amide bonds. The van der Waals surface area contributed by atoms with Gasteiger partial charge in [0.25, 0.3) is 11.8 Å². The van der Waals surface area contributed by atoms with Gasteiger partial charge in [0.05, 0.1) is 38.0 Å². The highest BCUT2D eigenvalue weighted by Crippen LogP contribution is 2.15. The van der Waals surface area contributed by atoms with E-state index in [0.717, 1.165) is 0 Å². The van der Waals surface area contributed by atoms with Crippen LogP contribution in [0.3, 0.4) is 0 Å².